The van der Waals surface area contributed by atoms with E-state index in [1.807, 2.05) is 12.3 Å². The first kappa shape index (κ1) is 14.8. The van der Waals surface area contributed by atoms with Crippen LogP contribution in [0.25, 0.3) is 0 Å². The Labute approximate surface area is 121 Å². The number of hydrogen-bond donors (Lipinski definition) is 3. The molecule has 0 aromatic carbocycles. The second-order valence-corrected chi connectivity index (χ2v) is 6.02. The van der Waals surface area contributed by atoms with E-state index in [0.29, 0.717) is 19.5 Å². The molecule has 2 rings (SSSR count). The molecule has 0 radical (unpaired) electrons. The van der Waals surface area contributed by atoms with Crippen LogP contribution in [0.15, 0.2) is 5.38 Å². The van der Waals surface area contributed by atoms with E-state index in [1.54, 1.807) is 0 Å². The van der Waals surface area contributed by atoms with E-state index in [9.17, 15) is 9.59 Å². The summed E-state index contributed by atoms with van der Waals surface area (Å²) in [6.45, 7) is 2.73. The maximum Gasteiger partial charge on any atom is 0.315 e. The number of thiazole rings is 1. The zero-order chi connectivity index (χ0) is 14.5. The van der Waals surface area contributed by atoms with Crippen molar-refractivity contribution >= 4 is 23.3 Å². The first-order valence-corrected chi connectivity index (χ1v) is 7.59. The van der Waals surface area contributed by atoms with E-state index in [-0.39, 0.29) is 17.9 Å². The van der Waals surface area contributed by atoms with Crippen LogP contribution in [0.5, 0.6) is 0 Å². The minimum absolute atomic E-state index is 0.0420. The summed E-state index contributed by atoms with van der Waals surface area (Å²) in [5.41, 5.74) is 0.947. The Balaban J connectivity index is 1.71. The molecule has 3 N–H and O–H groups in total. The molecule has 2 amide bonds. The van der Waals surface area contributed by atoms with Crippen LogP contribution < -0.4 is 10.6 Å². The van der Waals surface area contributed by atoms with Crippen molar-refractivity contribution in [2.24, 2.45) is 11.8 Å². The van der Waals surface area contributed by atoms with Crippen LogP contribution in [0.1, 0.15) is 30.0 Å². The summed E-state index contributed by atoms with van der Waals surface area (Å²) in [5.74, 6) is -1.04. The molecule has 0 spiro atoms. The number of nitrogens with zero attached hydrogens (tertiary/aromatic N) is 1. The van der Waals surface area contributed by atoms with Gasteiger partial charge in [0.1, 0.15) is 5.01 Å². The van der Waals surface area contributed by atoms with E-state index < -0.39 is 5.97 Å². The molecule has 1 heterocycles. The average molecular weight is 297 g/mol. The molecule has 1 saturated carbocycles. The lowest BCUT2D eigenvalue weighted by Crippen LogP contribution is -2.39. The minimum atomic E-state index is -0.757. The van der Waals surface area contributed by atoms with Crippen molar-refractivity contribution in [2.75, 3.05) is 6.54 Å². The highest BCUT2D eigenvalue weighted by atomic mass is 32.1. The van der Waals surface area contributed by atoms with Crippen molar-refractivity contribution in [3.8, 4) is 0 Å². The number of carboxylic acids is 1. The summed E-state index contributed by atoms with van der Waals surface area (Å²) >= 11 is 1.51. The number of rotatable bonds is 5. The molecule has 2 unspecified atom stereocenters. The molecular weight excluding hydrogens is 278 g/mol. The van der Waals surface area contributed by atoms with Crippen LogP contribution in [0.4, 0.5) is 4.79 Å². The largest absolute Gasteiger partial charge is 0.481 e. The summed E-state index contributed by atoms with van der Waals surface area (Å²) < 4.78 is 0. The first-order valence-electron chi connectivity index (χ1n) is 6.71. The molecule has 2 atom stereocenters. The number of carboxylic acid groups (broad SMARTS) is 1. The van der Waals surface area contributed by atoms with Gasteiger partial charge in [0.2, 0.25) is 0 Å². The van der Waals surface area contributed by atoms with Gasteiger partial charge in [0.05, 0.1) is 12.5 Å². The standard InChI is InChI=1S/C13H19N3O3S/c1-8-7-20-11(16-8)6-15-13(19)14-5-9-3-2-4-10(9)12(17)18/h7,9-10H,2-6H2,1H3,(H,17,18)(H2,14,15,19). The Kier molecular flexibility index (Phi) is 4.94. The van der Waals surface area contributed by atoms with Gasteiger partial charge in [-0.2, -0.15) is 0 Å². The Bertz CT molecular complexity index is 489. The molecule has 7 heteroatoms. The highest BCUT2D eigenvalue weighted by Crippen LogP contribution is 2.31. The fraction of sp³-hybridized carbons (Fsp3) is 0.615. The molecule has 1 fully saturated rings. The number of carbonyl (C=O) groups is 2. The van der Waals surface area contributed by atoms with E-state index in [4.69, 9.17) is 5.11 Å². The third kappa shape index (κ3) is 3.93. The third-order valence-electron chi connectivity index (χ3n) is 3.57. The highest BCUT2D eigenvalue weighted by molar-refractivity contribution is 7.09. The number of nitrogens with one attached hydrogen (secondary N) is 2. The summed E-state index contributed by atoms with van der Waals surface area (Å²) in [7, 11) is 0. The maximum atomic E-state index is 11.7. The van der Waals surface area contributed by atoms with Crippen molar-refractivity contribution in [3.05, 3.63) is 16.1 Å². The smallest absolute Gasteiger partial charge is 0.315 e. The lowest BCUT2D eigenvalue weighted by atomic mass is 9.96. The molecule has 0 bridgehead atoms. The van der Waals surface area contributed by atoms with E-state index in [1.165, 1.54) is 11.3 Å². The van der Waals surface area contributed by atoms with E-state index >= 15 is 0 Å². The number of aliphatic carboxylic acids is 1. The van der Waals surface area contributed by atoms with Crippen molar-refractivity contribution in [3.63, 3.8) is 0 Å². The Morgan fingerprint density at radius 3 is 2.90 bits per heavy atom. The summed E-state index contributed by atoms with van der Waals surface area (Å²) in [6.07, 6.45) is 2.49. The molecule has 0 aliphatic heterocycles. The summed E-state index contributed by atoms with van der Waals surface area (Å²) in [4.78, 5) is 27.0. The van der Waals surface area contributed by atoms with Crippen LogP contribution >= 0.6 is 11.3 Å². The monoisotopic (exact) mass is 297 g/mol. The van der Waals surface area contributed by atoms with Crippen LogP contribution in [-0.4, -0.2) is 28.6 Å². The van der Waals surface area contributed by atoms with Gasteiger partial charge in [-0.05, 0) is 25.7 Å². The summed E-state index contributed by atoms with van der Waals surface area (Å²) in [5, 5.41) is 17.3. The van der Waals surface area contributed by atoms with E-state index in [0.717, 1.165) is 23.5 Å². The number of urea groups is 1. The fourth-order valence-electron chi connectivity index (χ4n) is 2.53. The van der Waals surface area contributed by atoms with Crippen LogP contribution in [0, 0.1) is 18.8 Å². The maximum absolute atomic E-state index is 11.7. The lowest BCUT2D eigenvalue weighted by Gasteiger charge is -2.16. The molecule has 1 aromatic rings. The quantitative estimate of drug-likeness (QED) is 0.772. The van der Waals surface area contributed by atoms with Crippen LogP contribution in [0.3, 0.4) is 0 Å². The predicted octanol–water partition coefficient (Wildman–Crippen LogP) is 1.75. The molecule has 6 nitrogen and oxygen atoms in total. The van der Waals surface area contributed by atoms with Crippen molar-refractivity contribution in [1.29, 1.82) is 0 Å². The molecule has 20 heavy (non-hydrogen) atoms. The predicted molar refractivity (Wildman–Crippen MR) is 75.6 cm³/mol. The molecule has 0 saturated heterocycles. The van der Waals surface area contributed by atoms with Gasteiger partial charge in [0, 0.05) is 17.6 Å². The zero-order valence-corrected chi connectivity index (χ0v) is 12.2. The van der Waals surface area contributed by atoms with Crippen molar-refractivity contribution in [1.82, 2.24) is 15.6 Å². The van der Waals surface area contributed by atoms with Crippen LogP contribution in [0.2, 0.25) is 0 Å². The SMILES string of the molecule is Cc1csc(CNC(=O)NCC2CCCC2C(=O)O)n1. The molecular formula is C13H19N3O3S. The first-order chi connectivity index (χ1) is 9.56. The Hall–Kier alpha value is -1.63. The van der Waals surface area contributed by atoms with Gasteiger partial charge in [-0.15, -0.1) is 11.3 Å². The van der Waals surface area contributed by atoms with Gasteiger partial charge in [-0.25, -0.2) is 9.78 Å². The normalized spacial score (nSPS) is 21.6. The van der Waals surface area contributed by atoms with Crippen molar-refractivity contribution < 1.29 is 14.7 Å². The number of carbonyl (C=O) groups excluding carboxylic acids is 1. The third-order valence-corrected chi connectivity index (χ3v) is 4.53. The Morgan fingerprint density at radius 2 is 2.25 bits per heavy atom. The number of hydrogen-bond acceptors (Lipinski definition) is 4. The molecule has 1 aromatic heterocycles. The second-order valence-electron chi connectivity index (χ2n) is 5.08. The fourth-order valence-corrected chi connectivity index (χ4v) is 3.24. The van der Waals surface area contributed by atoms with Gasteiger partial charge in [0.15, 0.2) is 0 Å². The highest BCUT2D eigenvalue weighted by Gasteiger charge is 2.32. The van der Waals surface area contributed by atoms with Gasteiger partial charge in [-0.1, -0.05) is 6.42 Å². The Morgan fingerprint density at radius 1 is 1.45 bits per heavy atom. The molecule has 1 aliphatic carbocycles. The average Bonchev–Trinajstić information content (AvgIpc) is 3.02. The van der Waals surface area contributed by atoms with Crippen LogP contribution in [-0.2, 0) is 11.3 Å². The van der Waals surface area contributed by atoms with Gasteiger partial charge in [0.25, 0.3) is 0 Å². The van der Waals surface area contributed by atoms with Gasteiger partial charge < -0.3 is 15.7 Å². The topological polar surface area (TPSA) is 91.3 Å². The summed E-state index contributed by atoms with van der Waals surface area (Å²) in [6, 6.07) is -0.270. The molecule has 1 aliphatic rings. The minimum Gasteiger partial charge on any atom is -0.481 e. The van der Waals surface area contributed by atoms with Crippen molar-refractivity contribution in [2.45, 2.75) is 32.7 Å². The second kappa shape index (κ2) is 6.69. The number of aromatic nitrogens is 1. The number of amides is 2. The molecule has 110 valence electrons. The van der Waals surface area contributed by atoms with Gasteiger partial charge >= 0.3 is 12.0 Å². The van der Waals surface area contributed by atoms with Gasteiger partial charge in [-0.3, -0.25) is 4.79 Å². The number of aryl methyl sites for hydroxylation is 1. The zero-order valence-electron chi connectivity index (χ0n) is 11.4. The van der Waals surface area contributed by atoms with E-state index in [2.05, 4.69) is 15.6 Å². The lowest BCUT2D eigenvalue weighted by molar-refractivity contribution is -0.142.